The topological polar surface area (TPSA) is 72.8 Å². The predicted molar refractivity (Wildman–Crippen MR) is 85.8 cm³/mol. The Morgan fingerprint density at radius 1 is 1.27 bits per heavy atom. The fourth-order valence-corrected chi connectivity index (χ4v) is 3.52. The van der Waals surface area contributed by atoms with Crippen molar-refractivity contribution in [2.45, 2.75) is 19.8 Å². The third-order valence-corrected chi connectivity index (χ3v) is 4.73. The number of carbonyl (C=O) groups is 2. The number of ether oxygens (including phenoxy) is 2. The Labute approximate surface area is 136 Å². The van der Waals surface area contributed by atoms with Gasteiger partial charge < -0.3 is 14.6 Å². The highest BCUT2D eigenvalue weighted by Crippen LogP contribution is 2.42. The van der Waals surface area contributed by atoms with Crippen LogP contribution in [-0.4, -0.2) is 30.6 Å². The second-order valence-corrected chi connectivity index (χ2v) is 5.92. The van der Waals surface area contributed by atoms with Crippen molar-refractivity contribution in [2.24, 2.45) is 0 Å². The average Bonchev–Trinajstić information content (AvgIpc) is 2.81. The van der Waals surface area contributed by atoms with Crippen molar-refractivity contribution in [1.29, 1.82) is 0 Å². The largest absolute Gasteiger partial charge is 0.493 e. The van der Waals surface area contributed by atoms with Gasteiger partial charge in [0.15, 0.2) is 17.3 Å². The molecule has 0 unspecified atom stereocenters. The van der Waals surface area contributed by atoms with Crippen LogP contribution in [0.25, 0.3) is 10.1 Å². The van der Waals surface area contributed by atoms with Gasteiger partial charge in [0.1, 0.15) is 0 Å². The molecule has 0 amide bonds. The summed E-state index contributed by atoms with van der Waals surface area (Å²) in [4.78, 5) is 23.1. The van der Waals surface area contributed by atoms with E-state index in [2.05, 4.69) is 0 Å². The number of halogens is 1. The van der Waals surface area contributed by atoms with E-state index in [9.17, 15) is 9.59 Å². The Bertz CT molecular complexity index is 722. The standard InChI is InChI=1S/C15H15ClO5S/c1-3-21-11-6-8-12(7-10(11)20-2)22-15(14(8)16)9(17)4-5-13(18)19/h6-7H,3-5H2,1-2H3,(H,18,19). The molecule has 0 fully saturated rings. The molecule has 0 aliphatic heterocycles. The summed E-state index contributed by atoms with van der Waals surface area (Å²) < 4.78 is 11.6. The Balaban J connectivity index is 2.44. The van der Waals surface area contributed by atoms with Crippen molar-refractivity contribution in [3.63, 3.8) is 0 Å². The second-order valence-electron chi connectivity index (χ2n) is 4.49. The lowest BCUT2D eigenvalue weighted by atomic mass is 10.1. The monoisotopic (exact) mass is 342 g/mol. The molecule has 22 heavy (non-hydrogen) atoms. The summed E-state index contributed by atoms with van der Waals surface area (Å²) in [5.74, 6) is -0.157. The summed E-state index contributed by atoms with van der Waals surface area (Å²) in [6, 6.07) is 3.51. The molecule has 0 bridgehead atoms. The molecule has 1 aromatic heterocycles. The van der Waals surface area contributed by atoms with Crippen molar-refractivity contribution in [3.8, 4) is 11.5 Å². The summed E-state index contributed by atoms with van der Waals surface area (Å²) in [6.45, 7) is 2.34. The number of hydrogen-bond donors (Lipinski definition) is 1. The first-order valence-electron chi connectivity index (χ1n) is 6.65. The van der Waals surface area contributed by atoms with Crippen molar-refractivity contribution >= 4 is 44.8 Å². The molecule has 1 heterocycles. The number of carbonyl (C=O) groups excluding carboxylic acids is 1. The lowest BCUT2D eigenvalue weighted by molar-refractivity contribution is -0.136. The summed E-state index contributed by atoms with van der Waals surface area (Å²) in [6.07, 6.45) is -0.283. The molecule has 118 valence electrons. The van der Waals surface area contributed by atoms with Crippen LogP contribution in [0.2, 0.25) is 5.02 Å². The van der Waals surface area contributed by atoms with Gasteiger partial charge >= 0.3 is 5.97 Å². The van der Waals surface area contributed by atoms with E-state index in [1.165, 1.54) is 18.4 Å². The van der Waals surface area contributed by atoms with Crippen molar-refractivity contribution in [2.75, 3.05) is 13.7 Å². The molecule has 0 spiro atoms. The zero-order valence-electron chi connectivity index (χ0n) is 12.1. The smallest absolute Gasteiger partial charge is 0.303 e. The molecule has 0 aliphatic rings. The maximum absolute atomic E-state index is 12.1. The number of ketones is 1. The molecule has 0 atom stereocenters. The number of carboxylic acid groups (broad SMARTS) is 1. The van der Waals surface area contributed by atoms with E-state index < -0.39 is 5.97 Å². The first-order chi connectivity index (χ1) is 10.5. The summed E-state index contributed by atoms with van der Waals surface area (Å²) in [5, 5.41) is 9.70. The van der Waals surface area contributed by atoms with E-state index in [0.717, 1.165) is 4.70 Å². The Kier molecular flexibility index (Phi) is 5.26. The number of thiophene rings is 1. The van der Waals surface area contributed by atoms with Crippen molar-refractivity contribution in [3.05, 3.63) is 22.0 Å². The molecule has 0 saturated heterocycles. The molecule has 7 heteroatoms. The second kappa shape index (κ2) is 6.98. The fourth-order valence-electron chi connectivity index (χ4n) is 2.02. The Hall–Kier alpha value is -1.79. The van der Waals surface area contributed by atoms with E-state index in [1.54, 1.807) is 12.1 Å². The van der Waals surface area contributed by atoms with Gasteiger partial charge in [-0.2, -0.15) is 0 Å². The number of benzene rings is 1. The Morgan fingerprint density at radius 2 is 2.00 bits per heavy atom. The highest BCUT2D eigenvalue weighted by atomic mass is 35.5. The van der Waals surface area contributed by atoms with Gasteiger partial charge in [-0.1, -0.05) is 11.6 Å². The number of carboxylic acids is 1. The van der Waals surface area contributed by atoms with Crippen LogP contribution in [0.4, 0.5) is 0 Å². The summed E-state index contributed by atoms with van der Waals surface area (Å²) in [5.41, 5.74) is 0. The molecule has 2 rings (SSSR count). The number of Topliss-reactive ketones (excluding diaryl/α,β-unsaturated/α-hetero) is 1. The van der Waals surface area contributed by atoms with Crippen LogP contribution in [-0.2, 0) is 4.79 Å². The van der Waals surface area contributed by atoms with Crippen LogP contribution in [0.5, 0.6) is 11.5 Å². The fraction of sp³-hybridized carbons (Fsp3) is 0.333. The number of methoxy groups -OCH3 is 1. The molecular formula is C15H15ClO5S. The number of aliphatic carboxylic acids is 1. The van der Waals surface area contributed by atoms with Crippen molar-refractivity contribution in [1.82, 2.24) is 0 Å². The van der Waals surface area contributed by atoms with Crippen LogP contribution in [0.3, 0.4) is 0 Å². The van der Waals surface area contributed by atoms with Crippen molar-refractivity contribution < 1.29 is 24.2 Å². The SMILES string of the molecule is CCOc1cc2c(Cl)c(C(=O)CCC(=O)O)sc2cc1OC. The molecule has 0 radical (unpaired) electrons. The molecule has 2 aromatic rings. The van der Waals surface area contributed by atoms with Gasteiger partial charge in [0, 0.05) is 22.6 Å². The number of rotatable bonds is 7. The number of fused-ring (bicyclic) bond motifs is 1. The van der Waals surface area contributed by atoms with Gasteiger partial charge in [0.25, 0.3) is 0 Å². The normalized spacial score (nSPS) is 10.7. The van der Waals surface area contributed by atoms with E-state index in [-0.39, 0.29) is 18.6 Å². The minimum Gasteiger partial charge on any atom is -0.493 e. The lowest BCUT2D eigenvalue weighted by Gasteiger charge is -2.09. The maximum Gasteiger partial charge on any atom is 0.303 e. The van der Waals surface area contributed by atoms with Gasteiger partial charge in [0.2, 0.25) is 0 Å². The summed E-state index contributed by atoms with van der Waals surface area (Å²) in [7, 11) is 1.54. The lowest BCUT2D eigenvalue weighted by Crippen LogP contribution is -2.02. The quantitative estimate of drug-likeness (QED) is 0.769. The number of hydrogen-bond acceptors (Lipinski definition) is 5. The van der Waals surface area contributed by atoms with Crippen LogP contribution in [0.1, 0.15) is 29.4 Å². The van der Waals surface area contributed by atoms with Crippen LogP contribution < -0.4 is 9.47 Å². The van der Waals surface area contributed by atoms with Gasteiger partial charge in [-0.05, 0) is 13.0 Å². The minimum absolute atomic E-state index is 0.0721. The van der Waals surface area contributed by atoms with E-state index in [1.807, 2.05) is 6.92 Å². The Morgan fingerprint density at radius 3 is 2.59 bits per heavy atom. The highest BCUT2D eigenvalue weighted by Gasteiger charge is 2.20. The molecule has 0 aliphatic carbocycles. The van der Waals surface area contributed by atoms with Crippen LogP contribution in [0.15, 0.2) is 12.1 Å². The minimum atomic E-state index is -1.01. The molecule has 0 saturated carbocycles. The zero-order chi connectivity index (χ0) is 16.3. The van der Waals surface area contributed by atoms with Gasteiger partial charge in [-0.3, -0.25) is 9.59 Å². The maximum atomic E-state index is 12.1. The third kappa shape index (κ3) is 3.34. The third-order valence-electron chi connectivity index (χ3n) is 3.03. The van der Waals surface area contributed by atoms with Gasteiger partial charge in [0.05, 0.1) is 30.0 Å². The van der Waals surface area contributed by atoms with Gasteiger partial charge in [-0.25, -0.2) is 0 Å². The molecular weight excluding hydrogens is 328 g/mol. The van der Waals surface area contributed by atoms with Crippen LogP contribution in [0, 0.1) is 0 Å². The first kappa shape index (κ1) is 16.6. The molecule has 1 N–H and O–H groups in total. The van der Waals surface area contributed by atoms with E-state index in [4.69, 9.17) is 26.2 Å². The van der Waals surface area contributed by atoms with Crippen LogP contribution >= 0.6 is 22.9 Å². The molecule has 1 aromatic carbocycles. The predicted octanol–water partition coefficient (Wildman–Crippen LogP) is 4.01. The van der Waals surface area contributed by atoms with E-state index >= 15 is 0 Å². The highest BCUT2D eigenvalue weighted by molar-refractivity contribution is 7.21. The average molecular weight is 343 g/mol. The van der Waals surface area contributed by atoms with E-state index in [0.29, 0.717) is 33.4 Å². The van der Waals surface area contributed by atoms with Gasteiger partial charge in [-0.15, -0.1) is 11.3 Å². The zero-order valence-corrected chi connectivity index (χ0v) is 13.7. The first-order valence-corrected chi connectivity index (χ1v) is 7.85. The summed E-state index contributed by atoms with van der Waals surface area (Å²) >= 11 is 7.51. The molecule has 5 nitrogen and oxygen atoms in total.